The van der Waals surface area contributed by atoms with E-state index in [-0.39, 0.29) is 5.91 Å². The highest BCUT2D eigenvalue weighted by Crippen LogP contribution is 2.01. The van der Waals surface area contributed by atoms with E-state index in [9.17, 15) is 4.79 Å². The summed E-state index contributed by atoms with van der Waals surface area (Å²) >= 11 is 5.10. The van der Waals surface area contributed by atoms with Crippen LogP contribution in [0.15, 0.2) is 28.9 Å². The molecule has 0 aliphatic rings. The maximum absolute atomic E-state index is 11.5. The molecule has 1 N–H and O–H groups in total. The molecule has 0 fully saturated rings. The molecule has 4 nitrogen and oxygen atoms in total. The number of rotatable bonds is 4. The minimum Gasteiger partial charge on any atom is -0.465 e. The first kappa shape index (κ1) is 13.4. The Morgan fingerprint density at radius 1 is 1.53 bits per heavy atom. The third-order valence-electron chi connectivity index (χ3n) is 2.22. The van der Waals surface area contributed by atoms with Gasteiger partial charge in [0.25, 0.3) is 0 Å². The first-order valence-corrected chi connectivity index (χ1v) is 5.89. The van der Waals surface area contributed by atoms with Gasteiger partial charge in [-0.1, -0.05) is 0 Å². The maximum atomic E-state index is 11.5. The Hall–Kier alpha value is -1.62. The molecule has 1 amide bonds. The molecule has 0 saturated heterocycles. The van der Waals surface area contributed by atoms with E-state index in [1.54, 1.807) is 24.5 Å². The van der Waals surface area contributed by atoms with Crippen LogP contribution in [-0.4, -0.2) is 29.0 Å². The minimum atomic E-state index is -0.252. The monoisotopic (exact) mass is 252 g/mol. The molecule has 1 heterocycles. The summed E-state index contributed by atoms with van der Waals surface area (Å²) in [5.74, 6) is 0.382. The molecular formula is C12H16N2O2S. The first-order chi connectivity index (χ1) is 8.17. The van der Waals surface area contributed by atoms with Crippen molar-refractivity contribution in [2.45, 2.75) is 13.8 Å². The van der Waals surface area contributed by atoms with E-state index in [0.29, 0.717) is 10.9 Å². The highest BCUT2D eigenvalue weighted by molar-refractivity contribution is 7.80. The van der Waals surface area contributed by atoms with E-state index in [1.165, 1.54) is 6.08 Å². The van der Waals surface area contributed by atoms with Crippen molar-refractivity contribution in [3.63, 3.8) is 0 Å². The maximum Gasteiger partial charge on any atom is 0.250 e. The third-order valence-corrected chi connectivity index (χ3v) is 2.58. The number of nitrogens with one attached hydrogen (secondary N) is 1. The zero-order valence-electron chi connectivity index (χ0n) is 9.97. The SMILES string of the molecule is CCN(CC)C(=S)NC(=O)/C=C/c1ccco1. The molecule has 0 radical (unpaired) electrons. The molecular weight excluding hydrogens is 236 g/mol. The fourth-order valence-electron chi connectivity index (χ4n) is 1.28. The van der Waals surface area contributed by atoms with Crippen LogP contribution in [0.5, 0.6) is 0 Å². The zero-order chi connectivity index (χ0) is 12.7. The number of furan rings is 1. The second-order valence-corrected chi connectivity index (χ2v) is 3.70. The van der Waals surface area contributed by atoms with Crippen LogP contribution >= 0.6 is 12.2 Å². The highest BCUT2D eigenvalue weighted by atomic mass is 32.1. The van der Waals surface area contributed by atoms with E-state index in [0.717, 1.165) is 13.1 Å². The van der Waals surface area contributed by atoms with Gasteiger partial charge >= 0.3 is 0 Å². The van der Waals surface area contributed by atoms with Gasteiger partial charge in [-0.2, -0.15) is 0 Å². The van der Waals surface area contributed by atoms with Crippen molar-refractivity contribution in [1.82, 2.24) is 10.2 Å². The van der Waals surface area contributed by atoms with E-state index in [1.807, 2.05) is 18.7 Å². The zero-order valence-corrected chi connectivity index (χ0v) is 10.8. The Morgan fingerprint density at radius 2 is 2.24 bits per heavy atom. The van der Waals surface area contributed by atoms with Crippen LogP contribution in [-0.2, 0) is 4.79 Å². The number of amides is 1. The average Bonchev–Trinajstić information content (AvgIpc) is 2.81. The molecule has 0 unspecified atom stereocenters. The Balaban J connectivity index is 2.47. The van der Waals surface area contributed by atoms with Gasteiger partial charge in [0, 0.05) is 19.2 Å². The van der Waals surface area contributed by atoms with Crippen LogP contribution in [0.1, 0.15) is 19.6 Å². The standard InChI is InChI=1S/C12H16N2O2S/c1-3-14(4-2)12(17)13-11(15)8-7-10-6-5-9-16-10/h5-9H,3-4H2,1-2H3,(H,13,15,17)/b8-7+. The summed E-state index contributed by atoms with van der Waals surface area (Å²) in [6.45, 7) is 5.52. The van der Waals surface area contributed by atoms with Crippen LogP contribution < -0.4 is 5.32 Å². The predicted octanol–water partition coefficient (Wildman–Crippen LogP) is 2.04. The van der Waals surface area contributed by atoms with Gasteiger partial charge in [0.2, 0.25) is 5.91 Å². The molecule has 0 saturated carbocycles. The molecule has 0 atom stereocenters. The Kier molecular flexibility index (Phi) is 5.42. The minimum absolute atomic E-state index is 0.252. The van der Waals surface area contributed by atoms with Gasteiger partial charge in [-0.3, -0.25) is 10.1 Å². The fourth-order valence-corrected chi connectivity index (χ4v) is 1.64. The Morgan fingerprint density at radius 3 is 2.76 bits per heavy atom. The van der Waals surface area contributed by atoms with E-state index < -0.39 is 0 Å². The highest BCUT2D eigenvalue weighted by Gasteiger charge is 2.06. The number of hydrogen-bond acceptors (Lipinski definition) is 3. The molecule has 1 aromatic rings. The van der Waals surface area contributed by atoms with E-state index >= 15 is 0 Å². The topological polar surface area (TPSA) is 45.5 Å². The molecule has 1 rings (SSSR count). The number of thiocarbonyl (C=S) groups is 1. The normalized spacial score (nSPS) is 10.5. The second-order valence-electron chi connectivity index (χ2n) is 3.32. The van der Waals surface area contributed by atoms with Crippen molar-refractivity contribution in [2.75, 3.05) is 13.1 Å². The van der Waals surface area contributed by atoms with Crippen LogP contribution in [0.3, 0.4) is 0 Å². The van der Waals surface area contributed by atoms with Crippen LogP contribution in [0.25, 0.3) is 6.08 Å². The molecule has 5 heteroatoms. The molecule has 0 bridgehead atoms. The fraction of sp³-hybridized carbons (Fsp3) is 0.333. The van der Waals surface area contributed by atoms with Gasteiger partial charge in [-0.05, 0) is 44.3 Å². The molecule has 0 spiro atoms. The summed E-state index contributed by atoms with van der Waals surface area (Å²) in [4.78, 5) is 13.4. The van der Waals surface area contributed by atoms with Gasteiger partial charge in [-0.15, -0.1) is 0 Å². The quantitative estimate of drug-likeness (QED) is 0.658. The number of hydrogen-bond donors (Lipinski definition) is 1. The summed E-state index contributed by atoms with van der Waals surface area (Å²) in [7, 11) is 0. The molecule has 0 aliphatic carbocycles. The summed E-state index contributed by atoms with van der Waals surface area (Å²) in [5, 5.41) is 3.08. The molecule has 0 aliphatic heterocycles. The van der Waals surface area contributed by atoms with E-state index in [4.69, 9.17) is 16.6 Å². The van der Waals surface area contributed by atoms with E-state index in [2.05, 4.69) is 5.32 Å². The van der Waals surface area contributed by atoms with Gasteiger partial charge in [0.15, 0.2) is 5.11 Å². The largest absolute Gasteiger partial charge is 0.465 e. The molecule has 1 aromatic heterocycles. The van der Waals surface area contributed by atoms with Crippen LogP contribution in [0.2, 0.25) is 0 Å². The lowest BCUT2D eigenvalue weighted by atomic mass is 10.4. The summed E-state index contributed by atoms with van der Waals surface area (Å²) in [5.41, 5.74) is 0. The predicted molar refractivity (Wildman–Crippen MR) is 71.4 cm³/mol. The summed E-state index contributed by atoms with van der Waals surface area (Å²) < 4.78 is 5.07. The van der Waals surface area contributed by atoms with Crippen LogP contribution in [0, 0.1) is 0 Å². The number of nitrogens with zero attached hydrogens (tertiary/aromatic N) is 1. The third kappa shape index (κ3) is 4.40. The van der Waals surface area contributed by atoms with Crippen molar-refractivity contribution >= 4 is 29.3 Å². The van der Waals surface area contributed by atoms with Crippen molar-refractivity contribution in [1.29, 1.82) is 0 Å². The average molecular weight is 252 g/mol. The lowest BCUT2D eigenvalue weighted by Gasteiger charge is -2.21. The van der Waals surface area contributed by atoms with Crippen molar-refractivity contribution in [2.24, 2.45) is 0 Å². The molecule has 17 heavy (non-hydrogen) atoms. The van der Waals surface area contributed by atoms with Crippen molar-refractivity contribution in [3.8, 4) is 0 Å². The number of carbonyl (C=O) groups is 1. The second kappa shape index (κ2) is 6.85. The smallest absolute Gasteiger partial charge is 0.250 e. The van der Waals surface area contributed by atoms with Gasteiger partial charge in [-0.25, -0.2) is 0 Å². The molecule has 92 valence electrons. The number of carbonyl (C=O) groups excluding carboxylic acids is 1. The van der Waals surface area contributed by atoms with Crippen molar-refractivity contribution in [3.05, 3.63) is 30.2 Å². The lowest BCUT2D eigenvalue weighted by molar-refractivity contribution is -0.115. The summed E-state index contributed by atoms with van der Waals surface area (Å²) in [6.07, 6.45) is 4.55. The van der Waals surface area contributed by atoms with Gasteiger partial charge in [0.1, 0.15) is 5.76 Å². The van der Waals surface area contributed by atoms with Crippen molar-refractivity contribution < 1.29 is 9.21 Å². The lowest BCUT2D eigenvalue weighted by Crippen LogP contribution is -2.41. The van der Waals surface area contributed by atoms with Gasteiger partial charge < -0.3 is 9.32 Å². The Labute approximate surface area is 106 Å². The Bertz CT molecular complexity index is 395. The molecule has 0 aromatic carbocycles. The summed E-state index contributed by atoms with van der Waals surface area (Å²) in [6, 6.07) is 3.53. The van der Waals surface area contributed by atoms with Gasteiger partial charge in [0.05, 0.1) is 6.26 Å². The first-order valence-electron chi connectivity index (χ1n) is 5.48. The van der Waals surface area contributed by atoms with Crippen LogP contribution in [0.4, 0.5) is 0 Å².